The highest BCUT2D eigenvalue weighted by molar-refractivity contribution is 8.02. The molecule has 218 valence electrons. The van der Waals surface area contributed by atoms with Crippen molar-refractivity contribution in [3.05, 3.63) is 54.1 Å². The second-order valence-corrected chi connectivity index (χ2v) is 13.1. The van der Waals surface area contributed by atoms with Crippen LogP contribution in [0.1, 0.15) is 51.0 Å². The van der Waals surface area contributed by atoms with Crippen LogP contribution in [0, 0.1) is 24.7 Å². The highest BCUT2D eigenvalue weighted by Crippen LogP contribution is 2.69. The molecule has 3 saturated heterocycles. The first-order valence-corrected chi connectivity index (χ1v) is 15.5. The van der Waals surface area contributed by atoms with Crippen molar-refractivity contribution in [2.24, 2.45) is 17.8 Å². The van der Waals surface area contributed by atoms with E-state index in [1.165, 1.54) is 0 Å². The highest BCUT2D eigenvalue weighted by atomic mass is 35.5. The number of hydrogen-bond donors (Lipinski definition) is 1. The zero-order chi connectivity index (χ0) is 29.0. The summed E-state index contributed by atoms with van der Waals surface area (Å²) in [5.74, 6) is -1.89. The Hall–Kier alpha value is -2.29. The van der Waals surface area contributed by atoms with E-state index in [9.17, 15) is 19.5 Å². The minimum absolute atomic E-state index is 0.00462. The normalized spacial score (nSPS) is 28.4. The first-order valence-electron chi connectivity index (χ1n) is 14.3. The summed E-state index contributed by atoms with van der Waals surface area (Å²) in [7, 11) is 0. The Morgan fingerprint density at radius 1 is 1.25 bits per heavy atom. The van der Waals surface area contributed by atoms with E-state index in [1.807, 2.05) is 25.1 Å². The molecule has 0 radical (unpaired) electrons. The number of rotatable bonds is 14. The number of carbonyl (C=O) groups excluding carboxylic acids is 3. The third kappa shape index (κ3) is 5.35. The lowest BCUT2D eigenvalue weighted by atomic mass is 9.66. The number of ether oxygens (including phenoxy) is 1. The van der Waals surface area contributed by atoms with Gasteiger partial charge in [0.05, 0.1) is 33.9 Å². The van der Waals surface area contributed by atoms with Gasteiger partial charge in [0.1, 0.15) is 6.04 Å². The lowest BCUT2D eigenvalue weighted by Gasteiger charge is -2.40. The lowest BCUT2D eigenvalue weighted by molar-refractivity contribution is -0.154. The molecule has 0 aromatic heterocycles. The van der Waals surface area contributed by atoms with Gasteiger partial charge in [-0.05, 0) is 63.0 Å². The molecule has 3 unspecified atom stereocenters. The third-order valence-corrected chi connectivity index (χ3v) is 11.0. The van der Waals surface area contributed by atoms with Crippen molar-refractivity contribution in [3.8, 4) is 0 Å². The van der Waals surface area contributed by atoms with E-state index in [4.69, 9.17) is 16.3 Å². The number of unbranched alkanes of at least 4 members (excludes halogenated alkanes) is 3. The van der Waals surface area contributed by atoms with Gasteiger partial charge in [-0.15, -0.1) is 24.9 Å². The molecule has 3 aliphatic rings. The van der Waals surface area contributed by atoms with E-state index in [2.05, 4.69) is 20.1 Å². The number of carbonyl (C=O) groups is 3. The van der Waals surface area contributed by atoms with Crippen molar-refractivity contribution in [1.82, 2.24) is 4.90 Å². The van der Waals surface area contributed by atoms with Gasteiger partial charge in [0.15, 0.2) is 0 Å². The van der Waals surface area contributed by atoms with E-state index in [0.717, 1.165) is 31.2 Å². The van der Waals surface area contributed by atoms with Gasteiger partial charge in [0, 0.05) is 24.9 Å². The molecular weight excluding hydrogens is 548 g/mol. The molecule has 3 aliphatic heterocycles. The Bertz CT molecular complexity index is 1120. The van der Waals surface area contributed by atoms with Crippen molar-refractivity contribution in [2.45, 2.75) is 68.4 Å². The van der Waals surface area contributed by atoms with E-state index in [1.54, 1.807) is 33.7 Å². The molecule has 40 heavy (non-hydrogen) atoms. The molecule has 0 aliphatic carbocycles. The van der Waals surface area contributed by atoms with Crippen molar-refractivity contribution >= 4 is 46.8 Å². The standard InChI is InChI=1S/C31H41ClN2O5S/c1-5-7-8-11-18-39-30(38)24-23-19-21(4)31(40-23)25(24)28(36)34(16-9-10-17-35)27(31)29(37)33(15-6-2)26-20(3)13-12-14-22(26)32/h5-6,12-14,21,23-25,27,35H,1-2,7-11,15-19H2,3-4H3/t21?,23-,24+,25-,27?,31?/m0/s1. The Morgan fingerprint density at radius 2 is 2.02 bits per heavy atom. The zero-order valence-corrected chi connectivity index (χ0v) is 25.1. The van der Waals surface area contributed by atoms with Gasteiger partial charge in [-0.3, -0.25) is 14.4 Å². The molecule has 3 heterocycles. The van der Waals surface area contributed by atoms with Crippen LogP contribution in [0.25, 0.3) is 0 Å². The molecule has 0 saturated carbocycles. The summed E-state index contributed by atoms with van der Waals surface area (Å²) >= 11 is 8.26. The van der Waals surface area contributed by atoms with Crippen molar-refractivity contribution in [3.63, 3.8) is 0 Å². The van der Waals surface area contributed by atoms with Crippen LogP contribution in [-0.2, 0) is 19.1 Å². The van der Waals surface area contributed by atoms with Crippen LogP contribution < -0.4 is 4.90 Å². The zero-order valence-electron chi connectivity index (χ0n) is 23.5. The summed E-state index contributed by atoms with van der Waals surface area (Å²) in [6, 6.07) is 4.74. The number of thioether (sulfide) groups is 1. The first-order chi connectivity index (χ1) is 19.2. The monoisotopic (exact) mass is 588 g/mol. The molecule has 4 rings (SSSR count). The smallest absolute Gasteiger partial charge is 0.310 e. The number of halogens is 1. The molecule has 9 heteroatoms. The van der Waals surface area contributed by atoms with Gasteiger partial charge in [0.25, 0.3) is 5.91 Å². The predicted molar refractivity (Wildman–Crippen MR) is 160 cm³/mol. The molecule has 1 aromatic rings. The summed E-state index contributed by atoms with van der Waals surface area (Å²) < 4.78 is 4.96. The topological polar surface area (TPSA) is 87.2 Å². The lowest BCUT2D eigenvalue weighted by Crippen LogP contribution is -2.57. The molecule has 2 amide bonds. The number of amides is 2. The Kier molecular flexibility index (Phi) is 10.1. The summed E-state index contributed by atoms with van der Waals surface area (Å²) in [6.07, 6.45) is 7.82. The summed E-state index contributed by atoms with van der Waals surface area (Å²) in [4.78, 5) is 45.7. The van der Waals surface area contributed by atoms with E-state index in [0.29, 0.717) is 36.7 Å². The minimum Gasteiger partial charge on any atom is -0.465 e. The van der Waals surface area contributed by atoms with E-state index in [-0.39, 0.29) is 42.1 Å². The Morgan fingerprint density at radius 3 is 2.70 bits per heavy atom. The maximum atomic E-state index is 14.7. The predicted octanol–water partition coefficient (Wildman–Crippen LogP) is 5.18. The fraction of sp³-hybridized carbons (Fsp3) is 0.581. The maximum absolute atomic E-state index is 14.7. The number of aliphatic hydroxyl groups excluding tert-OH is 1. The molecule has 1 N–H and O–H groups in total. The molecule has 1 aromatic carbocycles. The van der Waals surface area contributed by atoms with Crippen molar-refractivity contribution in [1.29, 1.82) is 0 Å². The number of para-hydroxylation sites is 1. The van der Waals surface area contributed by atoms with E-state index < -0.39 is 22.6 Å². The number of allylic oxidation sites excluding steroid dienone is 1. The van der Waals surface area contributed by atoms with Gasteiger partial charge in [-0.25, -0.2) is 0 Å². The second-order valence-electron chi connectivity index (χ2n) is 11.1. The molecular formula is C31H41ClN2O5S. The number of benzene rings is 1. The Labute approximate surface area is 246 Å². The van der Waals surface area contributed by atoms with Crippen molar-refractivity contribution < 1.29 is 24.2 Å². The SMILES string of the molecule is C=CCCCCOC(=O)[C@@H]1[C@@H]2CC(C)C3(S2)C(C(=O)N(CC=C)c2c(C)cccc2Cl)N(CCCCO)C(=O)[C@H]13. The van der Waals surface area contributed by atoms with Crippen LogP contribution in [-0.4, -0.2) is 70.1 Å². The average Bonchev–Trinajstić information content (AvgIpc) is 3.51. The fourth-order valence-electron chi connectivity index (χ4n) is 6.89. The van der Waals surface area contributed by atoms with Crippen LogP contribution in [0.2, 0.25) is 5.02 Å². The summed E-state index contributed by atoms with van der Waals surface area (Å²) in [6.45, 7) is 12.5. The van der Waals surface area contributed by atoms with Gasteiger partial charge >= 0.3 is 5.97 Å². The van der Waals surface area contributed by atoms with Crippen LogP contribution in [0.4, 0.5) is 5.69 Å². The van der Waals surface area contributed by atoms with Crippen LogP contribution >= 0.6 is 23.4 Å². The molecule has 6 atom stereocenters. The van der Waals surface area contributed by atoms with Crippen molar-refractivity contribution in [2.75, 3.05) is 31.2 Å². The number of anilines is 1. The number of esters is 1. The quantitative estimate of drug-likeness (QED) is 0.183. The number of aryl methyl sites for hydroxylation is 1. The molecule has 2 bridgehead atoms. The van der Waals surface area contributed by atoms with Gasteiger partial charge < -0.3 is 19.6 Å². The number of nitrogens with zero attached hydrogens (tertiary/aromatic N) is 2. The molecule has 7 nitrogen and oxygen atoms in total. The largest absolute Gasteiger partial charge is 0.465 e. The summed E-state index contributed by atoms with van der Waals surface area (Å²) in [5.41, 5.74) is 1.46. The molecule has 1 spiro atoms. The molecule has 3 fully saturated rings. The van der Waals surface area contributed by atoms with E-state index >= 15 is 0 Å². The summed E-state index contributed by atoms with van der Waals surface area (Å²) in [5, 5.41) is 9.81. The number of aliphatic hydroxyl groups is 1. The van der Waals surface area contributed by atoms with Crippen LogP contribution in [0.3, 0.4) is 0 Å². The highest BCUT2D eigenvalue weighted by Gasteiger charge is 2.76. The number of hydrogen-bond acceptors (Lipinski definition) is 6. The Balaban J connectivity index is 1.72. The first kappa shape index (κ1) is 30.7. The van der Waals surface area contributed by atoms with Crippen LogP contribution in [0.15, 0.2) is 43.5 Å². The minimum atomic E-state index is -0.769. The average molecular weight is 589 g/mol. The van der Waals surface area contributed by atoms with Crippen LogP contribution in [0.5, 0.6) is 0 Å². The third-order valence-electron chi connectivity index (χ3n) is 8.64. The number of likely N-dealkylation sites (tertiary alicyclic amines) is 1. The van der Waals surface area contributed by atoms with Gasteiger partial charge in [-0.1, -0.05) is 42.8 Å². The maximum Gasteiger partial charge on any atom is 0.310 e. The second kappa shape index (κ2) is 13.1. The van der Waals surface area contributed by atoms with Gasteiger partial charge in [-0.2, -0.15) is 0 Å². The van der Waals surface area contributed by atoms with Gasteiger partial charge in [0.2, 0.25) is 5.91 Å². The fourth-order valence-corrected chi connectivity index (χ4v) is 9.62. The number of fused-ring (bicyclic) bond motifs is 1.